The molecule has 0 radical (unpaired) electrons. The van der Waals surface area contributed by atoms with Crippen molar-refractivity contribution in [1.29, 1.82) is 0 Å². The zero-order chi connectivity index (χ0) is 13.0. The highest BCUT2D eigenvalue weighted by Gasteiger charge is 2.08. The van der Waals surface area contributed by atoms with Crippen LogP contribution in [0, 0.1) is 0 Å². The van der Waals surface area contributed by atoms with Crippen LogP contribution in [0.4, 0.5) is 0 Å². The first-order chi connectivity index (χ1) is 8.55. The maximum atomic E-state index is 11.3. The first kappa shape index (κ1) is 13.3. The van der Waals surface area contributed by atoms with Crippen molar-refractivity contribution in [1.82, 2.24) is 5.32 Å². The van der Waals surface area contributed by atoms with Crippen molar-refractivity contribution in [3.8, 4) is 0 Å². The van der Waals surface area contributed by atoms with E-state index < -0.39 is 9.84 Å². The molecule has 1 aliphatic rings. The predicted molar refractivity (Wildman–Crippen MR) is 74.2 cm³/mol. The van der Waals surface area contributed by atoms with Crippen LogP contribution in [-0.2, 0) is 9.84 Å². The highest BCUT2D eigenvalue weighted by molar-refractivity contribution is 7.90. The third-order valence-electron chi connectivity index (χ3n) is 3.18. The van der Waals surface area contributed by atoms with Crippen molar-refractivity contribution < 1.29 is 8.42 Å². The Hall–Kier alpha value is -1.13. The molecule has 0 amide bonds. The lowest BCUT2D eigenvalue weighted by Crippen LogP contribution is -2.31. The summed E-state index contributed by atoms with van der Waals surface area (Å²) in [7, 11) is -3.09. The molecular formula is C14H19NO2S. The van der Waals surface area contributed by atoms with Crippen LogP contribution in [0.25, 0.3) is 6.08 Å². The highest BCUT2D eigenvalue weighted by atomic mass is 32.2. The first-order valence-electron chi connectivity index (χ1n) is 6.27. The van der Waals surface area contributed by atoms with Crippen LogP contribution < -0.4 is 5.32 Å². The summed E-state index contributed by atoms with van der Waals surface area (Å²) in [5.74, 6) is 0. The van der Waals surface area contributed by atoms with Gasteiger partial charge in [0.2, 0.25) is 0 Å². The summed E-state index contributed by atoms with van der Waals surface area (Å²) >= 11 is 0. The summed E-state index contributed by atoms with van der Waals surface area (Å²) in [6, 6.07) is 7.45. The third kappa shape index (κ3) is 3.68. The SMILES string of the molecule is CS(=O)(=O)c1ccc(/C=C/C2CCCCN2)cc1. The van der Waals surface area contributed by atoms with Crippen molar-refractivity contribution in [2.75, 3.05) is 12.8 Å². The van der Waals surface area contributed by atoms with Gasteiger partial charge in [-0.05, 0) is 37.1 Å². The average molecular weight is 265 g/mol. The van der Waals surface area contributed by atoms with Gasteiger partial charge < -0.3 is 5.32 Å². The molecule has 1 unspecified atom stereocenters. The van der Waals surface area contributed by atoms with Crippen molar-refractivity contribution >= 4 is 15.9 Å². The van der Waals surface area contributed by atoms with Crippen molar-refractivity contribution in [3.63, 3.8) is 0 Å². The fourth-order valence-corrected chi connectivity index (χ4v) is 2.73. The number of piperidine rings is 1. The van der Waals surface area contributed by atoms with E-state index in [-0.39, 0.29) is 0 Å². The molecule has 1 fully saturated rings. The second-order valence-electron chi connectivity index (χ2n) is 4.76. The minimum atomic E-state index is -3.09. The van der Waals surface area contributed by atoms with Crippen LogP contribution >= 0.6 is 0 Å². The van der Waals surface area contributed by atoms with E-state index in [9.17, 15) is 8.42 Å². The van der Waals surface area contributed by atoms with Crippen LogP contribution in [0.15, 0.2) is 35.2 Å². The van der Waals surface area contributed by atoms with E-state index in [0.29, 0.717) is 10.9 Å². The maximum Gasteiger partial charge on any atom is 0.175 e. The molecule has 1 atom stereocenters. The van der Waals surface area contributed by atoms with Crippen LogP contribution in [0.3, 0.4) is 0 Å². The maximum absolute atomic E-state index is 11.3. The lowest BCUT2D eigenvalue weighted by atomic mass is 10.0. The minimum absolute atomic E-state index is 0.371. The molecule has 0 aromatic heterocycles. The van der Waals surface area contributed by atoms with Gasteiger partial charge in [-0.3, -0.25) is 0 Å². The molecule has 0 aliphatic carbocycles. The average Bonchev–Trinajstić information content (AvgIpc) is 2.37. The number of benzene rings is 1. The van der Waals surface area contributed by atoms with Crippen LogP contribution in [-0.4, -0.2) is 27.3 Å². The zero-order valence-electron chi connectivity index (χ0n) is 10.6. The summed E-state index contributed by atoms with van der Waals surface area (Å²) in [5, 5.41) is 3.44. The number of rotatable bonds is 3. The molecule has 0 bridgehead atoms. The van der Waals surface area contributed by atoms with Gasteiger partial charge in [-0.15, -0.1) is 0 Å². The molecule has 0 spiro atoms. The second kappa shape index (κ2) is 5.67. The summed E-state index contributed by atoms with van der Waals surface area (Å²) < 4.78 is 22.6. The molecule has 1 saturated heterocycles. The van der Waals surface area contributed by atoms with Crippen molar-refractivity contribution in [3.05, 3.63) is 35.9 Å². The lowest BCUT2D eigenvalue weighted by molar-refractivity contribution is 0.455. The Labute approximate surface area is 109 Å². The number of sulfone groups is 1. The Morgan fingerprint density at radius 2 is 1.94 bits per heavy atom. The Kier molecular flexibility index (Phi) is 4.19. The fourth-order valence-electron chi connectivity index (χ4n) is 2.10. The molecule has 4 heteroatoms. The second-order valence-corrected chi connectivity index (χ2v) is 6.77. The van der Waals surface area contributed by atoms with Gasteiger partial charge in [0.05, 0.1) is 4.90 Å². The molecule has 1 heterocycles. The topological polar surface area (TPSA) is 46.2 Å². The van der Waals surface area contributed by atoms with E-state index >= 15 is 0 Å². The standard InChI is InChI=1S/C14H19NO2S/c1-18(16,17)14-9-6-12(7-10-14)5-8-13-4-2-3-11-15-13/h5-10,13,15H,2-4,11H2,1H3/b8-5+. The van der Waals surface area contributed by atoms with Gasteiger partial charge in [0.15, 0.2) is 9.84 Å². The predicted octanol–water partition coefficient (Wildman–Crippen LogP) is 2.25. The van der Waals surface area contributed by atoms with Gasteiger partial charge in [-0.1, -0.05) is 30.7 Å². The van der Waals surface area contributed by atoms with E-state index in [1.54, 1.807) is 12.1 Å². The van der Waals surface area contributed by atoms with E-state index in [1.807, 2.05) is 12.1 Å². The van der Waals surface area contributed by atoms with Gasteiger partial charge in [-0.2, -0.15) is 0 Å². The molecule has 2 rings (SSSR count). The van der Waals surface area contributed by atoms with Crippen LogP contribution in [0.5, 0.6) is 0 Å². The summed E-state index contributed by atoms with van der Waals surface area (Å²) in [6.45, 7) is 1.09. The van der Waals surface area contributed by atoms with Crippen LogP contribution in [0.2, 0.25) is 0 Å². The number of hydrogen-bond acceptors (Lipinski definition) is 3. The third-order valence-corrected chi connectivity index (χ3v) is 4.31. The van der Waals surface area contributed by atoms with Crippen LogP contribution in [0.1, 0.15) is 24.8 Å². The molecule has 3 nitrogen and oxygen atoms in total. The Bertz CT molecular complexity index is 511. The number of nitrogens with one attached hydrogen (secondary N) is 1. The van der Waals surface area contributed by atoms with E-state index in [4.69, 9.17) is 0 Å². The van der Waals surface area contributed by atoms with E-state index in [2.05, 4.69) is 17.5 Å². The Morgan fingerprint density at radius 1 is 1.22 bits per heavy atom. The van der Waals surface area contributed by atoms with Gasteiger partial charge >= 0.3 is 0 Å². The molecule has 0 saturated carbocycles. The van der Waals surface area contributed by atoms with Crippen molar-refractivity contribution in [2.45, 2.75) is 30.2 Å². The molecule has 1 aromatic carbocycles. The van der Waals surface area contributed by atoms with Gasteiger partial charge in [0.25, 0.3) is 0 Å². The molecule has 1 aromatic rings. The molecular weight excluding hydrogens is 246 g/mol. The molecule has 98 valence electrons. The Morgan fingerprint density at radius 3 is 2.50 bits per heavy atom. The molecule has 18 heavy (non-hydrogen) atoms. The monoisotopic (exact) mass is 265 g/mol. The largest absolute Gasteiger partial charge is 0.311 e. The van der Waals surface area contributed by atoms with Gasteiger partial charge in [0, 0.05) is 12.3 Å². The molecule has 1 aliphatic heterocycles. The summed E-state index contributed by atoms with van der Waals surface area (Å²) in [5.41, 5.74) is 1.04. The smallest absolute Gasteiger partial charge is 0.175 e. The first-order valence-corrected chi connectivity index (χ1v) is 8.16. The Balaban J connectivity index is 2.03. The van der Waals surface area contributed by atoms with E-state index in [1.165, 1.54) is 25.5 Å². The van der Waals surface area contributed by atoms with Crippen molar-refractivity contribution in [2.24, 2.45) is 0 Å². The number of hydrogen-bond donors (Lipinski definition) is 1. The quantitative estimate of drug-likeness (QED) is 0.911. The normalized spacial score (nSPS) is 21.3. The summed E-state index contributed by atoms with van der Waals surface area (Å²) in [4.78, 5) is 0.371. The highest BCUT2D eigenvalue weighted by Crippen LogP contribution is 2.13. The summed E-state index contributed by atoms with van der Waals surface area (Å²) in [6.07, 6.45) is 9.15. The molecule has 1 N–H and O–H groups in total. The van der Waals surface area contributed by atoms with E-state index in [0.717, 1.165) is 12.1 Å². The fraction of sp³-hybridized carbons (Fsp3) is 0.429. The van der Waals surface area contributed by atoms with Gasteiger partial charge in [-0.25, -0.2) is 8.42 Å². The zero-order valence-corrected chi connectivity index (χ0v) is 11.4. The minimum Gasteiger partial charge on any atom is -0.311 e. The van der Waals surface area contributed by atoms with Gasteiger partial charge in [0.1, 0.15) is 0 Å². The lowest BCUT2D eigenvalue weighted by Gasteiger charge is -2.19.